The SMILES string of the molecule is CCCCc1ncc(C=C2C(=O)N(Cc3ncc(C)c(OC)c3C)c3nc(N)nc(Cl)c32)[nH]1. The van der Waals surface area contributed by atoms with Crippen LogP contribution in [0.4, 0.5) is 11.8 Å². The van der Waals surface area contributed by atoms with E-state index in [1.165, 1.54) is 4.90 Å². The summed E-state index contributed by atoms with van der Waals surface area (Å²) < 4.78 is 5.51. The van der Waals surface area contributed by atoms with E-state index < -0.39 is 0 Å². The van der Waals surface area contributed by atoms with Crippen LogP contribution in [0.25, 0.3) is 11.6 Å². The molecular weight excluding hydrogens is 442 g/mol. The van der Waals surface area contributed by atoms with Gasteiger partial charge in [-0.1, -0.05) is 24.9 Å². The minimum atomic E-state index is -0.266. The van der Waals surface area contributed by atoms with Crippen LogP contribution in [0.2, 0.25) is 5.15 Å². The summed E-state index contributed by atoms with van der Waals surface area (Å²) in [5.74, 6) is 1.69. The zero-order valence-corrected chi connectivity index (χ0v) is 19.8. The minimum Gasteiger partial charge on any atom is -0.496 e. The lowest BCUT2D eigenvalue weighted by Gasteiger charge is -2.19. The third-order valence-corrected chi connectivity index (χ3v) is 5.91. The number of nitrogens with one attached hydrogen (secondary N) is 1. The van der Waals surface area contributed by atoms with Gasteiger partial charge in [-0.2, -0.15) is 4.98 Å². The summed E-state index contributed by atoms with van der Waals surface area (Å²) in [7, 11) is 1.61. The molecule has 4 rings (SSSR count). The van der Waals surface area contributed by atoms with Crippen molar-refractivity contribution in [2.24, 2.45) is 0 Å². The molecule has 0 saturated heterocycles. The average Bonchev–Trinajstić information content (AvgIpc) is 3.32. The molecule has 0 saturated carbocycles. The number of nitrogen functional groups attached to an aromatic ring is 1. The Kier molecular flexibility index (Phi) is 6.33. The van der Waals surface area contributed by atoms with Gasteiger partial charge in [0, 0.05) is 23.7 Å². The van der Waals surface area contributed by atoms with Crippen LogP contribution < -0.4 is 15.4 Å². The topological polar surface area (TPSA) is 123 Å². The number of fused-ring (bicyclic) bond motifs is 1. The van der Waals surface area contributed by atoms with E-state index in [2.05, 4.69) is 31.8 Å². The van der Waals surface area contributed by atoms with Crippen LogP contribution in [0.15, 0.2) is 12.4 Å². The summed E-state index contributed by atoms with van der Waals surface area (Å²) in [5.41, 5.74) is 9.84. The van der Waals surface area contributed by atoms with Crippen molar-refractivity contribution in [3.05, 3.63) is 51.4 Å². The Balaban J connectivity index is 1.76. The Labute approximate surface area is 197 Å². The lowest BCUT2D eigenvalue weighted by molar-refractivity contribution is -0.113. The third-order valence-electron chi connectivity index (χ3n) is 5.64. The van der Waals surface area contributed by atoms with Gasteiger partial charge in [0.05, 0.1) is 42.4 Å². The van der Waals surface area contributed by atoms with Gasteiger partial charge >= 0.3 is 0 Å². The van der Waals surface area contributed by atoms with Crippen LogP contribution in [-0.2, 0) is 17.8 Å². The quantitative estimate of drug-likeness (QED) is 0.399. The van der Waals surface area contributed by atoms with E-state index in [9.17, 15) is 4.79 Å². The Morgan fingerprint density at radius 3 is 2.76 bits per heavy atom. The third kappa shape index (κ3) is 4.28. The van der Waals surface area contributed by atoms with Gasteiger partial charge in [0.1, 0.15) is 16.7 Å². The number of anilines is 2. The number of carbonyl (C=O) groups is 1. The highest BCUT2D eigenvalue weighted by atomic mass is 35.5. The number of unbranched alkanes of at least 4 members (excludes halogenated alkanes) is 1. The van der Waals surface area contributed by atoms with Crippen molar-refractivity contribution in [3.63, 3.8) is 0 Å². The van der Waals surface area contributed by atoms with E-state index in [0.717, 1.165) is 42.0 Å². The second-order valence-corrected chi connectivity index (χ2v) is 8.31. The van der Waals surface area contributed by atoms with E-state index in [1.54, 1.807) is 25.6 Å². The zero-order valence-electron chi connectivity index (χ0n) is 19.1. The number of carbonyl (C=O) groups excluding carboxylic acids is 1. The first-order valence-electron chi connectivity index (χ1n) is 10.7. The van der Waals surface area contributed by atoms with Crippen LogP contribution in [0, 0.1) is 13.8 Å². The second-order valence-electron chi connectivity index (χ2n) is 7.96. The molecule has 9 nitrogen and oxygen atoms in total. The van der Waals surface area contributed by atoms with Gasteiger partial charge in [-0.05, 0) is 26.3 Å². The van der Waals surface area contributed by atoms with E-state index in [-0.39, 0.29) is 23.6 Å². The zero-order chi connectivity index (χ0) is 23.7. The molecule has 0 radical (unpaired) electrons. The molecule has 0 unspecified atom stereocenters. The molecule has 0 spiro atoms. The number of halogens is 1. The van der Waals surface area contributed by atoms with Crippen LogP contribution in [0.1, 0.15) is 53.7 Å². The van der Waals surface area contributed by atoms with Gasteiger partial charge in [0.15, 0.2) is 5.82 Å². The summed E-state index contributed by atoms with van der Waals surface area (Å²) >= 11 is 6.43. The highest BCUT2D eigenvalue weighted by Gasteiger charge is 2.37. The number of hydrogen-bond acceptors (Lipinski definition) is 7. The van der Waals surface area contributed by atoms with Crippen LogP contribution in [0.3, 0.4) is 0 Å². The van der Waals surface area contributed by atoms with Crippen molar-refractivity contribution >= 4 is 40.9 Å². The molecule has 0 fully saturated rings. The van der Waals surface area contributed by atoms with E-state index >= 15 is 0 Å². The van der Waals surface area contributed by atoms with E-state index in [0.29, 0.717) is 28.3 Å². The van der Waals surface area contributed by atoms with Crippen molar-refractivity contribution in [3.8, 4) is 5.75 Å². The number of imidazole rings is 1. The molecule has 0 atom stereocenters. The molecule has 1 aliphatic heterocycles. The summed E-state index contributed by atoms with van der Waals surface area (Å²) in [4.78, 5) is 35.6. The largest absolute Gasteiger partial charge is 0.496 e. The number of methoxy groups -OCH3 is 1. The number of pyridine rings is 1. The highest BCUT2D eigenvalue weighted by Crippen LogP contribution is 2.41. The van der Waals surface area contributed by atoms with Crippen molar-refractivity contribution in [2.45, 2.75) is 46.6 Å². The van der Waals surface area contributed by atoms with Gasteiger partial charge in [0.2, 0.25) is 5.95 Å². The number of amides is 1. The molecule has 172 valence electrons. The van der Waals surface area contributed by atoms with Crippen molar-refractivity contribution in [1.29, 1.82) is 0 Å². The minimum absolute atomic E-state index is 0.00707. The highest BCUT2D eigenvalue weighted by molar-refractivity contribution is 6.41. The van der Waals surface area contributed by atoms with Crippen molar-refractivity contribution in [2.75, 3.05) is 17.7 Å². The maximum absolute atomic E-state index is 13.5. The molecule has 4 heterocycles. The molecule has 10 heteroatoms. The molecule has 3 aromatic rings. The molecule has 0 aliphatic carbocycles. The van der Waals surface area contributed by atoms with E-state index in [4.69, 9.17) is 22.1 Å². The Morgan fingerprint density at radius 2 is 2.03 bits per heavy atom. The van der Waals surface area contributed by atoms with E-state index in [1.807, 2.05) is 13.8 Å². The molecule has 0 bridgehead atoms. The van der Waals surface area contributed by atoms with Gasteiger partial charge in [0.25, 0.3) is 5.91 Å². The number of aromatic nitrogens is 5. The predicted molar refractivity (Wildman–Crippen MR) is 128 cm³/mol. The Morgan fingerprint density at radius 1 is 1.24 bits per heavy atom. The molecular formula is C23H26ClN7O2. The second kappa shape index (κ2) is 9.19. The Bertz CT molecular complexity index is 1250. The predicted octanol–water partition coefficient (Wildman–Crippen LogP) is 3.89. The summed E-state index contributed by atoms with van der Waals surface area (Å²) in [6.45, 7) is 6.15. The maximum atomic E-state index is 13.5. The average molecular weight is 468 g/mol. The maximum Gasteiger partial charge on any atom is 0.260 e. The summed E-state index contributed by atoms with van der Waals surface area (Å²) in [6.07, 6.45) is 8.11. The van der Waals surface area contributed by atoms with Crippen LogP contribution in [0.5, 0.6) is 5.75 Å². The van der Waals surface area contributed by atoms with Gasteiger partial charge in [-0.25, -0.2) is 9.97 Å². The molecule has 1 aliphatic rings. The molecule has 3 aromatic heterocycles. The number of aromatic amines is 1. The molecule has 33 heavy (non-hydrogen) atoms. The lowest BCUT2D eigenvalue weighted by Crippen LogP contribution is -2.27. The Hall–Kier alpha value is -3.46. The van der Waals surface area contributed by atoms with Gasteiger partial charge < -0.3 is 15.5 Å². The fourth-order valence-corrected chi connectivity index (χ4v) is 4.23. The first-order chi connectivity index (χ1) is 15.8. The number of nitrogens with zero attached hydrogens (tertiary/aromatic N) is 5. The fourth-order valence-electron chi connectivity index (χ4n) is 3.95. The number of rotatable bonds is 7. The van der Waals surface area contributed by atoms with Crippen molar-refractivity contribution < 1.29 is 9.53 Å². The van der Waals surface area contributed by atoms with Crippen molar-refractivity contribution in [1.82, 2.24) is 24.9 Å². The van der Waals surface area contributed by atoms with Gasteiger partial charge in [-0.15, -0.1) is 0 Å². The summed E-state index contributed by atoms with van der Waals surface area (Å²) in [5, 5.41) is 0.122. The van der Waals surface area contributed by atoms with Crippen LogP contribution in [-0.4, -0.2) is 37.9 Å². The standard InChI is InChI=1S/C23H26ClN7O2/c1-5-6-7-17-27-10-14(28-17)8-15-18-20(24)29-23(25)30-21(18)31(22(15)32)11-16-13(3)19(33-4)12(2)9-26-16/h8-10H,5-7,11H2,1-4H3,(H,27,28)(H2,25,29,30). The van der Waals surface area contributed by atoms with Crippen LogP contribution >= 0.6 is 11.6 Å². The first-order valence-corrected chi connectivity index (χ1v) is 11.1. The molecule has 0 aromatic carbocycles. The first kappa shape index (κ1) is 22.7. The number of aryl methyl sites for hydroxylation is 2. The number of hydrogen-bond donors (Lipinski definition) is 2. The number of ether oxygens (including phenoxy) is 1. The number of H-pyrrole nitrogens is 1. The molecule has 3 N–H and O–H groups in total. The van der Waals surface area contributed by atoms with Gasteiger partial charge in [-0.3, -0.25) is 14.7 Å². The normalized spacial score (nSPS) is 14.3. The smallest absolute Gasteiger partial charge is 0.260 e. The molecule has 1 amide bonds. The lowest BCUT2D eigenvalue weighted by atomic mass is 10.1. The monoisotopic (exact) mass is 467 g/mol. The fraction of sp³-hybridized carbons (Fsp3) is 0.348. The summed E-state index contributed by atoms with van der Waals surface area (Å²) in [6, 6.07) is 0. The number of nitrogens with two attached hydrogens (primary N) is 1.